The van der Waals surface area contributed by atoms with Gasteiger partial charge in [-0.1, -0.05) is 15.9 Å². The molecule has 0 amide bonds. The van der Waals surface area contributed by atoms with Crippen molar-refractivity contribution in [2.75, 3.05) is 26.2 Å². The summed E-state index contributed by atoms with van der Waals surface area (Å²) < 4.78 is 21.2. The molecule has 1 fully saturated rings. The van der Waals surface area contributed by atoms with Crippen LogP contribution in [-0.2, 0) is 0 Å². The lowest BCUT2D eigenvalue weighted by molar-refractivity contribution is 0.177. The van der Waals surface area contributed by atoms with Crippen LogP contribution in [-0.4, -0.2) is 31.1 Å². The molecule has 0 unspecified atom stereocenters. The van der Waals surface area contributed by atoms with Gasteiger partial charge < -0.3 is 9.73 Å². The van der Waals surface area contributed by atoms with Gasteiger partial charge in [-0.05, 0) is 36.8 Å². The van der Waals surface area contributed by atoms with Crippen molar-refractivity contribution in [1.82, 2.24) is 10.2 Å². The van der Waals surface area contributed by atoms with E-state index in [1.165, 1.54) is 0 Å². The maximum Gasteiger partial charge on any atom is 0.131 e. The number of aryl methyl sites for hydroxylation is 1. The summed E-state index contributed by atoms with van der Waals surface area (Å²) >= 11 is 3.47. The van der Waals surface area contributed by atoms with Gasteiger partial charge in [0.15, 0.2) is 0 Å². The van der Waals surface area contributed by atoms with Crippen molar-refractivity contribution in [2.45, 2.75) is 13.0 Å². The molecule has 1 aliphatic heterocycles. The molecule has 3 rings (SSSR count). The number of halogens is 2. The minimum atomic E-state index is -0.182. The van der Waals surface area contributed by atoms with Crippen molar-refractivity contribution in [3.63, 3.8) is 0 Å². The number of nitrogens with one attached hydrogen (secondary N) is 1. The standard InChI is InChI=1S/C16H18BrFN2O/c1-11-9-12(17)10-13(15(11)18)16(14-3-2-8-21-14)20-6-4-19-5-7-20/h2-3,8-10,16,19H,4-7H2,1H3/t16-/m1/s1. The zero-order chi connectivity index (χ0) is 14.8. The zero-order valence-corrected chi connectivity index (χ0v) is 13.5. The molecule has 21 heavy (non-hydrogen) atoms. The van der Waals surface area contributed by atoms with Crippen LogP contribution in [0.3, 0.4) is 0 Å². The number of hydrogen-bond acceptors (Lipinski definition) is 3. The number of hydrogen-bond donors (Lipinski definition) is 1. The van der Waals surface area contributed by atoms with E-state index < -0.39 is 0 Å². The molecule has 2 heterocycles. The fraction of sp³-hybridized carbons (Fsp3) is 0.375. The van der Waals surface area contributed by atoms with Gasteiger partial charge in [0, 0.05) is 36.2 Å². The van der Waals surface area contributed by atoms with Gasteiger partial charge in [0.1, 0.15) is 11.6 Å². The van der Waals surface area contributed by atoms with Crippen molar-refractivity contribution in [1.29, 1.82) is 0 Å². The molecule has 1 aromatic carbocycles. The van der Waals surface area contributed by atoms with E-state index in [-0.39, 0.29) is 11.9 Å². The first-order valence-corrected chi connectivity index (χ1v) is 7.90. The molecule has 1 N–H and O–H groups in total. The predicted molar refractivity (Wildman–Crippen MR) is 83.8 cm³/mol. The lowest BCUT2D eigenvalue weighted by Gasteiger charge is -2.34. The maximum atomic E-state index is 14.7. The van der Waals surface area contributed by atoms with Gasteiger partial charge in [0.25, 0.3) is 0 Å². The Bertz CT molecular complexity index is 609. The monoisotopic (exact) mass is 352 g/mol. The first-order valence-electron chi connectivity index (χ1n) is 7.10. The summed E-state index contributed by atoms with van der Waals surface area (Å²) in [6, 6.07) is 7.25. The van der Waals surface area contributed by atoms with Crippen LogP contribution in [0.4, 0.5) is 4.39 Å². The highest BCUT2D eigenvalue weighted by atomic mass is 79.9. The van der Waals surface area contributed by atoms with Gasteiger partial charge in [-0.25, -0.2) is 4.39 Å². The van der Waals surface area contributed by atoms with Gasteiger partial charge in [0.05, 0.1) is 12.3 Å². The van der Waals surface area contributed by atoms with E-state index in [1.54, 1.807) is 19.3 Å². The summed E-state index contributed by atoms with van der Waals surface area (Å²) in [6.45, 7) is 5.35. The van der Waals surface area contributed by atoms with E-state index >= 15 is 0 Å². The summed E-state index contributed by atoms with van der Waals surface area (Å²) in [5, 5.41) is 3.33. The third-order valence-electron chi connectivity index (χ3n) is 3.87. The van der Waals surface area contributed by atoms with E-state index in [4.69, 9.17) is 4.42 Å². The molecule has 0 spiro atoms. The summed E-state index contributed by atoms with van der Waals surface area (Å²) in [7, 11) is 0. The highest BCUT2D eigenvalue weighted by Crippen LogP contribution is 2.34. The van der Waals surface area contributed by atoms with Crippen molar-refractivity contribution < 1.29 is 8.81 Å². The number of piperazine rings is 1. The van der Waals surface area contributed by atoms with Gasteiger partial charge in [0.2, 0.25) is 0 Å². The molecule has 0 saturated carbocycles. The third-order valence-corrected chi connectivity index (χ3v) is 4.33. The Hall–Kier alpha value is -1.17. The Labute approximate surface area is 132 Å². The Kier molecular flexibility index (Phi) is 4.42. The molecule has 112 valence electrons. The summed E-state index contributed by atoms with van der Waals surface area (Å²) in [5.41, 5.74) is 1.31. The largest absolute Gasteiger partial charge is 0.467 e. The molecule has 1 aromatic heterocycles. The molecule has 1 saturated heterocycles. The first-order chi connectivity index (χ1) is 10.2. The topological polar surface area (TPSA) is 28.4 Å². The number of rotatable bonds is 3. The molecule has 0 radical (unpaired) electrons. The van der Waals surface area contributed by atoms with E-state index in [0.717, 1.165) is 36.4 Å². The molecular weight excluding hydrogens is 335 g/mol. The highest BCUT2D eigenvalue weighted by Gasteiger charge is 2.29. The van der Waals surface area contributed by atoms with E-state index in [1.807, 2.05) is 18.2 Å². The number of benzene rings is 1. The van der Waals surface area contributed by atoms with Crippen molar-refractivity contribution in [2.24, 2.45) is 0 Å². The van der Waals surface area contributed by atoms with Crippen LogP contribution in [0.2, 0.25) is 0 Å². The second-order valence-corrected chi connectivity index (χ2v) is 6.25. The van der Waals surface area contributed by atoms with Gasteiger partial charge >= 0.3 is 0 Å². The summed E-state index contributed by atoms with van der Waals surface area (Å²) in [5.74, 6) is 0.631. The Morgan fingerprint density at radius 3 is 2.76 bits per heavy atom. The van der Waals surface area contributed by atoms with Gasteiger partial charge in [-0.15, -0.1) is 0 Å². The SMILES string of the molecule is Cc1cc(Br)cc([C@H](c2ccco2)N2CCNCC2)c1F. The van der Waals surface area contributed by atoms with E-state index in [0.29, 0.717) is 11.1 Å². The molecule has 1 aliphatic rings. The normalized spacial score (nSPS) is 17.9. The van der Waals surface area contributed by atoms with Crippen molar-refractivity contribution in [3.8, 4) is 0 Å². The van der Waals surface area contributed by atoms with Crippen LogP contribution in [0.15, 0.2) is 39.4 Å². The van der Waals surface area contributed by atoms with Crippen LogP contribution < -0.4 is 5.32 Å². The van der Waals surface area contributed by atoms with Gasteiger partial charge in [-0.2, -0.15) is 0 Å². The van der Waals surface area contributed by atoms with Crippen LogP contribution >= 0.6 is 15.9 Å². The average molecular weight is 353 g/mol. The molecule has 1 atom stereocenters. The Balaban J connectivity index is 2.07. The lowest BCUT2D eigenvalue weighted by Crippen LogP contribution is -2.45. The summed E-state index contributed by atoms with van der Waals surface area (Å²) in [6.07, 6.45) is 1.65. The van der Waals surface area contributed by atoms with Crippen LogP contribution in [0.5, 0.6) is 0 Å². The Morgan fingerprint density at radius 1 is 1.33 bits per heavy atom. The quantitative estimate of drug-likeness (QED) is 0.916. The van der Waals surface area contributed by atoms with Crippen molar-refractivity contribution in [3.05, 3.63) is 57.7 Å². The molecule has 3 nitrogen and oxygen atoms in total. The number of furan rings is 1. The van der Waals surface area contributed by atoms with Crippen molar-refractivity contribution >= 4 is 15.9 Å². The molecule has 2 aromatic rings. The highest BCUT2D eigenvalue weighted by molar-refractivity contribution is 9.10. The third kappa shape index (κ3) is 3.05. The van der Waals surface area contributed by atoms with E-state index in [9.17, 15) is 4.39 Å². The summed E-state index contributed by atoms with van der Waals surface area (Å²) in [4.78, 5) is 2.26. The fourth-order valence-electron chi connectivity index (χ4n) is 2.87. The lowest BCUT2D eigenvalue weighted by atomic mass is 9.99. The molecular formula is C16H18BrFN2O. The zero-order valence-electron chi connectivity index (χ0n) is 11.9. The van der Waals surface area contributed by atoms with E-state index in [2.05, 4.69) is 26.1 Å². The first kappa shape index (κ1) is 14.8. The molecule has 0 aliphatic carbocycles. The smallest absolute Gasteiger partial charge is 0.131 e. The van der Waals surface area contributed by atoms with Crippen LogP contribution in [0.1, 0.15) is 22.9 Å². The van der Waals surface area contributed by atoms with Crippen LogP contribution in [0, 0.1) is 12.7 Å². The molecule has 5 heteroatoms. The second-order valence-electron chi connectivity index (χ2n) is 5.33. The van der Waals surface area contributed by atoms with Gasteiger partial charge in [-0.3, -0.25) is 4.90 Å². The minimum absolute atomic E-state index is 0.155. The second kappa shape index (κ2) is 6.30. The maximum absolute atomic E-state index is 14.7. The predicted octanol–water partition coefficient (Wildman–Crippen LogP) is 3.48. The Morgan fingerprint density at radius 2 is 2.10 bits per heavy atom. The van der Waals surface area contributed by atoms with Crippen LogP contribution in [0.25, 0.3) is 0 Å². The fourth-order valence-corrected chi connectivity index (χ4v) is 3.46. The number of nitrogens with zero attached hydrogens (tertiary/aromatic N) is 1. The minimum Gasteiger partial charge on any atom is -0.467 e. The molecule has 0 bridgehead atoms. The average Bonchev–Trinajstić information content (AvgIpc) is 2.99.